The number of aromatic nitrogens is 1. The number of hydrogen-bond donors (Lipinski definition) is 1. The van der Waals surface area contributed by atoms with Crippen LogP contribution >= 0.6 is 11.3 Å². The van der Waals surface area contributed by atoms with Gasteiger partial charge in [0.05, 0.1) is 17.1 Å². The van der Waals surface area contributed by atoms with Crippen molar-refractivity contribution < 1.29 is 4.79 Å². The number of aryl methyl sites for hydroxylation is 1. The average Bonchev–Trinajstić information content (AvgIpc) is 2.48. The zero-order chi connectivity index (χ0) is 11.6. The first-order valence-corrected chi connectivity index (χ1v) is 5.58. The monoisotopic (exact) mass is 227 g/mol. The van der Waals surface area contributed by atoms with Crippen molar-refractivity contribution in [3.63, 3.8) is 0 Å². The van der Waals surface area contributed by atoms with E-state index in [0.29, 0.717) is 6.54 Å². The molecule has 4 nitrogen and oxygen atoms in total. The fourth-order valence-electron chi connectivity index (χ4n) is 1.28. The maximum Gasteiger partial charge on any atom is 0.242 e. The molecule has 84 valence electrons. The molecular weight excluding hydrogens is 210 g/mol. The van der Waals surface area contributed by atoms with Gasteiger partial charge >= 0.3 is 0 Å². The molecule has 0 bridgehead atoms. The molecular formula is C10H17N3OS. The van der Waals surface area contributed by atoms with Gasteiger partial charge in [-0.15, -0.1) is 11.3 Å². The van der Waals surface area contributed by atoms with Gasteiger partial charge < -0.3 is 10.6 Å². The lowest BCUT2D eigenvalue weighted by Gasteiger charge is -2.25. The molecule has 2 N–H and O–H groups in total. The molecule has 1 rings (SSSR count). The van der Waals surface area contributed by atoms with E-state index >= 15 is 0 Å². The molecule has 1 amide bonds. The summed E-state index contributed by atoms with van der Waals surface area (Å²) in [6.07, 6.45) is 1.80. The minimum absolute atomic E-state index is 0.0615. The molecule has 0 aliphatic heterocycles. The Morgan fingerprint density at radius 1 is 1.67 bits per heavy atom. The van der Waals surface area contributed by atoms with Crippen molar-refractivity contribution in [1.29, 1.82) is 0 Å². The largest absolute Gasteiger partial charge is 0.339 e. The van der Waals surface area contributed by atoms with E-state index < -0.39 is 5.54 Å². The van der Waals surface area contributed by atoms with Gasteiger partial charge in [-0.2, -0.15) is 0 Å². The molecule has 0 spiro atoms. The number of thiazole rings is 1. The number of nitrogens with zero attached hydrogens (tertiary/aromatic N) is 2. The van der Waals surface area contributed by atoms with Gasteiger partial charge in [-0.25, -0.2) is 4.98 Å². The van der Waals surface area contributed by atoms with Gasteiger partial charge in [-0.1, -0.05) is 0 Å². The van der Waals surface area contributed by atoms with E-state index in [1.807, 2.05) is 6.92 Å². The van der Waals surface area contributed by atoms with Gasteiger partial charge in [0.25, 0.3) is 0 Å². The molecule has 0 unspecified atom stereocenters. The first-order valence-electron chi connectivity index (χ1n) is 4.76. The van der Waals surface area contributed by atoms with Crippen molar-refractivity contribution in [3.05, 3.63) is 16.1 Å². The predicted molar refractivity (Wildman–Crippen MR) is 61.6 cm³/mol. The summed E-state index contributed by atoms with van der Waals surface area (Å²) in [7, 11) is 1.76. The third-order valence-electron chi connectivity index (χ3n) is 1.96. The minimum atomic E-state index is -0.811. The molecule has 0 saturated carbocycles. The summed E-state index contributed by atoms with van der Waals surface area (Å²) in [5, 5.41) is 1.01. The highest BCUT2D eigenvalue weighted by molar-refractivity contribution is 7.11. The van der Waals surface area contributed by atoms with Crippen LogP contribution in [0.5, 0.6) is 0 Å². The normalized spacial score (nSPS) is 11.5. The van der Waals surface area contributed by atoms with Crippen molar-refractivity contribution in [1.82, 2.24) is 9.88 Å². The Morgan fingerprint density at radius 3 is 2.67 bits per heavy atom. The Kier molecular flexibility index (Phi) is 3.46. The number of carbonyl (C=O) groups excluding carboxylic acids is 1. The van der Waals surface area contributed by atoms with Crippen molar-refractivity contribution in [2.45, 2.75) is 32.9 Å². The lowest BCUT2D eigenvalue weighted by atomic mass is 10.1. The van der Waals surface area contributed by atoms with Gasteiger partial charge in [0.15, 0.2) is 0 Å². The fourth-order valence-corrected chi connectivity index (χ4v) is 2.12. The summed E-state index contributed by atoms with van der Waals surface area (Å²) in [5.74, 6) is -0.0615. The van der Waals surface area contributed by atoms with Gasteiger partial charge in [-0.3, -0.25) is 4.79 Å². The van der Waals surface area contributed by atoms with E-state index in [1.165, 1.54) is 0 Å². The molecule has 1 aromatic heterocycles. The first kappa shape index (κ1) is 12.1. The smallest absolute Gasteiger partial charge is 0.242 e. The van der Waals surface area contributed by atoms with Gasteiger partial charge in [0.2, 0.25) is 5.91 Å². The molecule has 15 heavy (non-hydrogen) atoms. The zero-order valence-electron chi connectivity index (χ0n) is 9.57. The summed E-state index contributed by atoms with van der Waals surface area (Å²) in [5.41, 5.74) is 4.92. The number of rotatable bonds is 3. The second kappa shape index (κ2) is 4.28. The molecule has 0 fully saturated rings. The highest BCUT2D eigenvalue weighted by atomic mass is 32.1. The van der Waals surface area contributed by atoms with E-state index in [0.717, 1.165) is 9.88 Å². The van der Waals surface area contributed by atoms with E-state index in [9.17, 15) is 4.79 Å². The summed E-state index contributed by atoms with van der Waals surface area (Å²) in [6.45, 7) is 5.95. The van der Waals surface area contributed by atoms with Crippen LogP contribution in [0.3, 0.4) is 0 Å². The van der Waals surface area contributed by atoms with Gasteiger partial charge in [-0.05, 0) is 20.8 Å². The Morgan fingerprint density at radius 2 is 2.27 bits per heavy atom. The van der Waals surface area contributed by atoms with Crippen LogP contribution in [0.2, 0.25) is 0 Å². The Balaban J connectivity index is 2.64. The van der Waals surface area contributed by atoms with E-state index in [4.69, 9.17) is 5.73 Å². The van der Waals surface area contributed by atoms with Crippen LogP contribution in [-0.4, -0.2) is 28.4 Å². The molecule has 0 aliphatic rings. The van der Waals surface area contributed by atoms with Crippen molar-refractivity contribution in [3.8, 4) is 0 Å². The van der Waals surface area contributed by atoms with E-state index in [1.54, 1.807) is 43.3 Å². The minimum Gasteiger partial charge on any atom is -0.339 e. The van der Waals surface area contributed by atoms with Crippen molar-refractivity contribution in [2.24, 2.45) is 5.73 Å². The van der Waals surface area contributed by atoms with Crippen molar-refractivity contribution in [2.75, 3.05) is 7.05 Å². The van der Waals surface area contributed by atoms with Crippen LogP contribution in [0.25, 0.3) is 0 Å². The summed E-state index contributed by atoms with van der Waals surface area (Å²) in [6, 6.07) is 0. The van der Waals surface area contributed by atoms with Gasteiger partial charge in [0, 0.05) is 18.1 Å². The molecule has 0 radical (unpaired) electrons. The van der Waals surface area contributed by atoms with E-state index in [2.05, 4.69) is 4.98 Å². The molecule has 0 saturated heterocycles. The Labute approximate surface area is 94.1 Å². The number of amides is 1. The maximum absolute atomic E-state index is 11.8. The molecule has 1 aromatic rings. The van der Waals surface area contributed by atoms with Crippen LogP contribution < -0.4 is 5.73 Å². The Bertz CT molecular complexity index is 354. The van der Waals surface area contributed by atoms with Crippen LogP contribution in [0.15, 0.2) is 6.20 Å². The third kappa shape index (κ3) is 3.28. The highest BCUT2D eigenvalue weighted by Crippen LogP contribution is 2.14. The zero-order valence-corrected chi connectivity index (χ0v) is 10.4. The molecule has 0 atom stereocenters. The molecule has 0 aromatic carbocycles. The van der Waals surface area contributed by atoms with Crippen LogP contribution in [0.4, 0.5) is 0 Å². The highest BCUT2D eigenvalue weighted by Gasteiger charge is 2.25. The first-order chi connectivity index (χ1) is 6.80. The standard InChI is InChI=1S/C10H17N3OS/c1-7-12-5-8(15-7)6-13(4)9(14)10(2,3)11/h5H,6,11H2,1-4H3. The number of carbonyl (C=O) groups is 1. The molecule has 5 heteroatoms. The summed E-state index contributed by atoms with van der Waals surface area (Å²) >= 11 is 1.60. The molecule has 1 heterocycles. The quantitative estimate of drug-likeness (QED) is 0.842. The summed E-state index contributed by atoms with van der Waals surface area (Å²) in [4.78, 5) is 18.6. The van der Waals surface area contributed by atoms with Gasteiger partial charge in [0.1, 0.15) is 0 Å². The fraction of sp³-hybridized carbons (Fsp3) is 0.600. The van der Waals surface area contributed by atoms with Crippen LogP contribution in [0.1, 0.15) is 23.7 Å². The van der Waals surface area contributed by atoms with Crippen LogP contribution in [-0.2, 0) is 11.3 Å². The number of likely N-dealkylation sites (N-methyl/N-ethyl adjacent to an activating group) is 1. The summed E-state index contributed by atoms with van der Waals surface area (Å²) < 4.78 is 0. The second-order valence-corrected chi connectivity index (χ2v) is 5.55. The Hall–Kier alpha value is -0.940. The number of hydrogen-bond acceptors (Lipinski definition) is 4. The topological polar surface area (TPSA) is 59.2 Å². The average molecular weight is 227 g/mol. The number of nitrogens with two attached hydrogens (primary N) is 1. The third-order valence-corrected chi connectivity index (χ3v) is 2.86. The predicted octanol–water partition coefficient (Wildman–Crippen LogP) is 1.15. The van der Waals surface area contributed by atoms with E-state index in [-0.39, 0.29) is 5.91 Å². The van der Waals surface area contributed by atoms with Crippen LogP contribution in [0, 0.1) is 6.92 Å². The SMILES string of the molecule is Cc1ncc(CN(C)C(=O)C(C)(C)N)s1. The lowest BCUT2D eigenvalue weighted by molar-refractivity contribution is -0.134. The lowest BCUT2D eigenvalue weighted by Crippen LogP contribution is -2.49. The molecule has 0 aliphatic carbocycles. The second-order valence-electron chi connectivity index (χ2n) is 4.23. The van der Waals surface area contributed by atoms with Crippen molar-refractivity contribution >= 4 is 17.2 Å². The maximum atomic E-state index is 11.8.